The molecule has 1 fully saturated rings. The highest BCUT2D eigenvalue weighted by Crippen LogP contribution is 2.28. The molecule has 1 saturated heterocycles. The number of hydrogen-bond donors (Lipinski definition) is 0. The third-order valence-corrected chi connectivity index (χ3v) is 5.16. The normalized spacial score (nSPS) is 16.8. The summed E-state index contributed by atoms with van der Waals surface area (Å²) in [6.07, 6.45) is -0.435. The van der Waals surface area contributed by atoms with Gasteiger partial charge in [-0.1, -0.05) is 0 Å². The second-order valence-corrected chi connectivity index (χ2v) is 6.93. The molecule has 0 bridgehead atoms. The Morgan fingerprint density at radius 1 is 1.22 bits per heavy atom. The smallest absolute Gasteiger partial charge is 0.351 e. The molecule has 3 heterocycles. The van der Waals surface area contributed by atoms with Crippen molar-refractivity contribution >= 4 is 11.7 Å². The number of pyridine rings is 1. The summed E-state index contributed by atoms with van der Waals surface area (Å²) in [5.41, 5.74) is 1.44. The quantitative estimate of drug-likeness (QED) is 0.822. The lowest BCUT2D eigenvalue weighted by atomic mass is 10.1. The van der Waals surface area contributed by atoms with Crippen LogP contribution >= 0.6 is 0 Å². The lowest BCUT2D eigenvalue weighted by Crippen LogP contribution is -2.60. The number of halogens is 3. The number of fused-ring (bicyclic) bond motifs is 1. The molecule has 0 atom stereocenters. The molecule has 142 valence electrons. The van der Waals surface area contributed by atoms with Crippen molar-refractivity contribution in [1.29, 1.82) is 0 Å². The van der Waals surface area contributed by atoms with E-state index in [0.717, 1.165) is 49.1 Å². The molecule has 0 aromatic carbocycles. The van der Waals surface area contributed by atoms with E-state index in [0.29, 0.717) is 13.1 Å². The van der Waals surface area contributed by atoms with E-state index in [1.165, 1.54) is 5.56 Å². The van der Waals surface area contributed by atoms with Crippen LogP contribution in [0.4, 0.5) is 19.0 Å². The van der Waals surface area contributed by atoms with Gasteiger partial charge >= 0.3 is 6.18 Å². The number of aryl methyl sites for hydroxylation is 2. The minimum atomic E-state index is -4.52. The highest BCUT2D eigenvalue weighted by Gasteiger charge is 2.35. The van der Waals surface area contributed by atoms with Crippen LogP contribution in [-0.2, 0) is 19.0 Å². The summed E-state index contributed by atoms with van der Waals surface area (Å²) >= 11 is 0. The Hall–Kier alpha value is -2.71. The number of alkyl halides is 3. The second-order valence-electron chi connectivity index (χ2n) is 6.93. The molecule has 1 amide bonds. The average molecular weight is 377 g/mol. The molecular weight excluding hydrogens is 359 g/mol. The number of amides is 1. The van der Waals surface area contributed by atoms with Gasteiger partial charge in [0.1, 0.15) is 5.69 Å². The van der Waals surface area contributed by atoms with Crippen LogP contribution in [0.3, 0.4) is 0 Å². The number of rotatable bonds is 3. The SMILES string of the molecule is CN(C(=O)c1ccc(C(F)(F)F)nc1)C1CN(c2cc3c(nn2)CCC3)C1. The van der Waals surface area contributed by atoms with Crippen molar-refractivity contribution in [3.63, 3.8) is 0 Å². The van der Waals surface area contributed by atoms with Gasteiger partial charge < -0.3 is 9.80 Å². The first kappa shape index (κ1) is 17.7. The van der Waals surface area contributed by atoms with Gasteiger partial charge in [0.25, 0.3) is 5.91 Å². The highest BCUT2D eigenvalue weighted by atomic mass is 19.4. The van der Waals surface area contributed by atoms with Crippen LogP contribution in [0.25, 0.3) is 0 Å². The number of likely N-dealkylation sites (N-methyl/N-ethyl adjacent to an activating group) is 1. The van der Waals surface area contributed by atoms with Crippen molar-refractivity contribution in [2.45, 2.75) is 31.5 Å². The standard InChI is InChI=1S/C18H18F3N5O/c1-25(17(27)12-5-6-15(22-8-12)18(19,20)21)13-9-26(10-13)16-7-11-3-2-4-14(11)23-24-16/h5-8,13H,2-4,9-10H2,1H3. The zero-order valence-electron chi connectivity index (χ0n) is 14.7. The summed E-state index contributed by atoms with van der Waals surface area (Å²) < 4.78 is 37.8. The van der Waals surface area contributed by atoms with Gasteiger partial charge in [-0.05, 0) is 43.0 Å². The van der Waals surface area contributed by atoms with Crippen molar-refractivity contribution in [3.05, 3.63) is 46.9 Å². The van der Waals surface area contributed by atoms with Crippen LogP contribution in [0.15, 0.2) is 24.4 Å². The maximum atomic E-state index is 12.6. The van der Waals surface area contributed by atoms with Crippen molar-refractivity contribution in [3.8, 4) is 0 Å². The van der Waals surface area contributed by atoms with Crippen molar-refractivity contribution < 1.29 is 18.0 Å². The van der Waals surface area contributed by atoms with E-state index in [1.54, 1.807) is 11.9 Å². The molecule has 2 aromatic rings. The van der Waals surface area contributed by atoms with E-state index in [9.17, 15) is 18.0 Å². The van der Waals surface area contributed by atoms with E-state index < -0.39 is 11.9 Å². The maximum Gasteiger partial charge on any atom is 0.433 e. The molecule has 9 heteroatoms. The Labute approximate surface area is 154 Å². The van der Waals surface area contributed by atoms with Gasteiger partial charge in [-0.25, -0.2) is 0 Å². The Bertz CT molecular complexity index is 862. The lowest BCUT2D eigenvalue weighted by molar-refractivity contribution is -0.141. The fraction of sp³-hybridized carbons (Fsp3) is 0.444. The number of aromatic nitrogens is 3. The van der Waals surface area contributed by atoms with E-state index in [2.05, 4.69) is 21.2 Å². The first-order valence-corrected chi connectivity index (χ1v) is 8.74. The summed E-state index contributed by atoms with van der Waals surface area (Å²) in [4.78, 5) is 19.4. The Kier molecular flexibility index (Phi) is 4.24. The van der Waals surface area contributed by atoms with Gasteiger partial charge in [0.05, 0.1) is 17.3 Å². The van der Waals surface area contributed by atoms with Gasteiger partial charge in [0.2, 0.25) is 0 Å². The summed E-state index contributed by atoms with van der Waals surface area (Å²) in [6.45, 7) is 1.23. The van der Waals surface area contributed by atoms with Crippen LogP contribution in [0.1, 0.15) is 33.7 Å². The largest absolute Gasteiger partial charge is 0.433 e. The minimum absolute atomic E-state index is 0.0325. The van der Waals surface area contributed by atoms with E-state index in [4.69, 9.17) is 0 Å². The highest BCUT2D eigenvalue weighted by molar-refractivity contribution is 5.94. The van der Waals surface area contributed by atoms with Crippen molar-refractivity contribution in [1.82, 2.24) is 20.1 Å². The number of anilines is 1. The van der Waals surface area contributed by atoms with Crippen molar-refractivity contribution in [2.75, 3.05) is 25.0 Å². The molecule has 0 N–H and O–H groups in total. The monoisotopic (exact) mass is 377 g/mol. The first-order chi connectivity index (χ1) is 12.8. The predicted octanol–water partition coefficient (Wildman–Crippen LogP) is 2.34. The molecule has 1 aliphatic carbocycles. The molecule has 6 nitrogen and oxygen atoms in total. The summed E-state index contributed by atoms with van der Waals surface area (Å²) in [7, 11) is 1.65. The third-order valence-electron chi connectivity index (χ3n) is 5.16. The Morgan fingerprint density at radius 3 is 2.67 bits per heavy atom. The van der Waals surface area contributed by atoms with E-state index in [1.807, 2.05) is 4.90 Å². The molecule has 27 heavy (non-hydrogen) atoms. The van der Waals surface area contributed by atoms with Gasteiger partial charge in [0.15, 0.2) is 5.82 Å². The van der Waals surface area contributed by atoms with Crippen LogP contribution in [0.2, 0.25) is 0 Å². The molecule has 0 saturated carbocycles. The first-order valence-electron chi connectivity index (χ1n) is 8.74. The van der Waals surface area contributed by atoms with Crippen molar-refractivity contribution in [2.24, 2.45) is 0 Å². The summed E-state index contributed by atoms with van der Waals surface area (Å²) in [5.74, 6) is 0.463. The molecular formula is C18H18F3N5O. The second kappa shape index (κ2) is 6.47. The van der Waals surface area contributed by atoms with Gasteiger partial charge in [-0.3, -0.25) is 9.78 Å². The molecule has 4 rings (SSSR count). The number of carbonyl (C=O) groups is 1. The molecule has 0 unspecified atom stereocenters. The number of carbonyl (C=O) groups excluding carboxylic acids is 1. The third kappa shape index (κ3) is 3.33. The Morgan fingerprint density at radius 2 is 2.00 bits per heavy atom. The zero-order valence-corrected chi connectivity index (χ0v) is 14.7. The number of hydrogen-bond acceptors (Lipinski definition) is 5. The molecule has 2 aromatic heterocycles. The fourth-order valence-electron chi connectivity index (χ4n) is 3.42. The van der Waals surface area contributed by atoms with Gasteiger partial charge in [-0.15, -0.1) is 5.10 Å². The maximum absolute atomic E-state index is 12.6. The predicted molar refractivity (Wildman–Crippen MR) is 91.4 cm³/mol. The molecule has 0 radical (unpaired) electrons. The van der Waals surface area contributed by atoms with Crippen LogP contribution in [0, 0.1) is 0 Å². The summed E-state index contributed by atoms with van der Waals surface area (Å²) in [5, 5.41) is 8.53. The number of nitrogens with zero attached hydrogens (tertiary/aromatic N) is 5. The van der Waals surface area contributed by atoms with E-state index >= 15 is 0 Å². The fourth-order valence-corrected chi connectivity index (χ4v) is 3.42. The average Bonchev–Trinajstić information content (AvgIpc) is 3.07. The van der Waals surface area contributed by atoms with Crippen LogP contribution in [0.5, 0.6) is 0 Å². The zero-order chi connectivity index (χ0) is 19.2. The lowest BCUT2D eigenvalue weighted by Gasteiger charge is -2.44. The van der Waals surface area contributed by atoms with E-state index in [-0.39, 0.29) is 17.5 Å². The summed E-state index contributed by atoms with van der Waals surface area (Å²) in [6, 6.07) is 4.02. The van der Waals surface area contributed by atoms with Crippen LogP contribution in [-0.4, -0.2) is 52.2 Å². The molecule has 2 aliphatic rings. The van der Waals surface area contributed by atoms with Gasteiger partial charge in [-0.2, -0.15) is 18.3 Å². The molecule has 0 spiro atoms. The molecule has 1 aliphatic heterocycles. The van der Waals surface area contributed by atoms with Crippen LogP contribution < -0.4 is 4.90 Å². The Balaban J connectivity index is 1.38. The topological polar surface area (TPSA) is 62.2 Å². The van der Waals surface area contributed by atoms with Gasteiger partial charge in [0, 0.05) is 26.3 Å². The minimum Gasteiger partial charge on any atom is -0.351 e.